The Labute approximate surface area is 165 Å². The SMILES string of the molecule is COc1cc(C=C2C(=O)Nc3cc(Cl)ccc32)ccc1OC(=O)c1ccco1. The van der Waals surface area contributed by atoms with Crippen molar-refractivity contribution in [3.8, 4) is 11.5 Å². The summed E-state index contributed by atoms with van der Waals surface area (Å²) in [7, 11) is 1.47. The van der Waals surface area contributed by atoms with Gasteiger partial charge >= 0.3 is 5.97 Å². The van der Waals surface area contributed by atoms with Gasteiger partial charge in [0, 0.05) is 16.2 Å². The summed E-state index contributed by atoms with van der Waals surface area (Å²) in [5.41, 5.74) is 2.65. The second-order valence-electron chi connectivity index (χ2n) is 5.98. The Hall–Kier alpha value is -3.51. The molecule has 2 aromatic carbocycles. The minimum absolute atomic E-state index is 0.0890. The first-order chi connectivity index (χ1) is 13.5. The molecule has 28 heavy (non-hydrogen) atoms. The van der Waals surface area contributed by atoms with Crippen LogP contribution < -0.4 is 14.8 Å². The molecule has 0 unspecified atom stereocenters. The molecule has 0 radical (unpaired) electrons. The number of ether oxygens (including phenoxy) is 2. The van der Waals surface area contributed by atoms with Gasteiger partial charge in [-0.1, -0.05) is 23.7 Å². The monoisotopic (exact) mass is 395 g/mol. The fourth-order valence-corrected chi connectivity index (χ4v) is 3.05. The van der Waals surface area contributed by atoms with Crippen molar-refractivity contribution in [3.05, 3.63) is 76.7 Å². The molecule has 0 fully saturated rings. The lowest BCUT2D eigenvalue weighted by Crippen LogP contribution is -2.08. The first-order valence-corrected chi connectivity index (χ1v) is 8.69. The maximum absolute atomic E-state index is 12.3. The first-order valence-electron chi connectivity index (χ1n) is 8.32. The summed E-state index contributed by atoms with van der Waals surface area (Å²) in [5, 5.41) is 3.33. The van der Waals surface area contributed by atoms with Gasteiger partial charge in [0.05, 0.1) is 19.1 Å². The second-order valence-corrected chi connectivity index (χ2v) is 6.42. The van der Waals surface area contributed by atoms with Crippen molar-refractivity contribution in [2.45, 2.75) is 0 Å². The summed E-state index contributed by atoms with van der Waals surface area (Å²) < 4.78 is 15.7. The predicted molar refractivity (Wildman–Crippen MR) is 105 cm³/mol. The molecule has 0 saturated heterocycles. The third kappa shape index (κ3) is 3.37. The molecule has 140 valence electrons. The zero-order valence-corrected chi connectivity index (χ0v) is 15.4. The van der Waals surface area contributed by atoms with E-state index in [-0.39, 0.29) is 17.4 Å². The smallest absolute Gasteiger partial charge is 0.379 e. The van der Waals surface area contributed by atoms with E-state index in [4.69, 9.17) is 25.5 Å². The molecule has 1 aliphatic rings. The molecule has 7 heteroatoms. The minimum atomic E-state index is -0.629. The lowest BCUT2D eigenvalue weighted by atomic mass is 10.0. The molecule has 0 spiro atoms. The first kappa shape index (κ1) is 17.9. The Bertz CT molecular complexity index is 1100. The molecule has 1 aromatic heterocycles. The molecule has 6 nitrogen and oxygen atoms in total. The molecular formula is C21H14ClNO5. The molecule has 3 aromatic rings. The van der Waals surface area contributed by atoms with E-state index in [9.17, 15) is 9.59 Å². The number of esters is 1. The van der Waals surface area contributed by atoms with E-state index in [0.29, 0.717) is 27.6 Å². The van der Waals surface area contributed by atoms with Crippen LogP contribution in [0.3, 0.4) is 0 Å². The van der Waals surface area contributed by atoms with Gasteiger partial charge in [0.25, 0.3) is 5.91 Å². The normalized spacial score (nSPS) is 13.9. The van der Waals surface area contributed by atoms with Crippen molar-refractivity contribution in [3.63, 3.8) is 0 Å². The number of benzene rings is 2. The van der Waals surface area contributed by atoms with Crippen molar-refractivity contribution in [1.82, 2.24) is 0 Å². The Balaban J connectivity index is 1.64. The number of halogens is 1. The summed E-state index contributed by atoms with van der Waals surface area (Å²) >= 11 is 5.98. The summed E-state index contributed by atoms with van der Waals surface area (Å²) in [4.78, 5) is 24.4. The molecule has 0 bridgehead atoms. The topological polar surface area (TPSA) is 77.8 Å². The highest BCUT2D eigenvalue weighted by Crippen LogP contribution is 2.36. The van der Waals surface area contributed by atoms with Gasteiger partial charge in [-0.2, -0.15) is 0 Å². The Morgan fingerprint density at radius 1 is 1.14 bits per heavy atom. The lowest BCUT2D eigenvalue weighted by molar-refractivity contribution is -0.110. The highest BCUT2D eigenvalue weighted by Gasteiger charge is 2.24. The third-order valence-electron chi connectivity index (χ3n) is 4.19. The minimum Gasteiger partial charge on any atom is -0.493 e. The molecular weight excluding hydrogens is 382 g/mol. The van der Waals surface area contributed by atoms with Crippen LogP contribution >= 0.6 is 11.6 Å². The van der Waals surface area contributed by atoms with Gasteiger partial charge < -0.3 is 19.2 Å². The number of furan rings is 1. The van der Waals surface area contributed by atoms with Crippen LogP contribution in [0.5, 0.6) is 11.5 Å². The summed E-state index contributed by atoms with van der Waals surface area (Å²) in [6.07, 6.45) is 3.12. The van der Waals surface area contributed by atoms with Crippen molar-refractivity contribution < 1.29 is 23.5 Å². The number of rotatable bonds is 4. The van der Waals surface area contributed by atoms with Gasteiger partial charge in [0.15, 0.2) is 11.5 Å². The van der Waals surface area contributed by atoms with Crippen LogP contribution in [-0.2, 0) is 4.79 Å². The lowest BCUT2D eigenvalue weighted by Gasteiger charge is -2.09. The zero-order chi connectivity index (χ0) is 19.7. The maximum atomic E-state index is 12.3. The third-order valence-corrected chi connectivity index (χ3v) is 4.42. The molecule has 4 rings (SSSR count). The van der Waals surface area contributed by atoms with Crippen molar-refractivity contribution in [2.24, 2.45) is 0 Å². The standard InChI is InChI=1S/C21H14ClNO5/c1-26-19-10-12(4-7-17(19)28-21(25)18-3-2-8-27-18)9-15-14-6-5-13(22)11-16(14)23-20(15)24/h2-11H,1H3,(H,23,24). The van der Waals surface area contributed by atoms with Gasteiger partial charge in [-0.05, 0) is 48.0 Å². The largest absolute Gasteiger partial charge is 0.493 e. The zero-order valence-electron chi connectivity index (χ0n) is 14.7. The number of methoxy groups -OCH3 is 1. The number of hydrogen-bond donors (Lipinski definition) is 1. The quantitative estimate of drug-likeness (QED) is 0.395. The van der Waals surface area contributed by atoms with E-state index in [0.717, 1.165) is 5.56 Å². The van der Waals surface area contributed by atoms with Gasteiger partial charge in [-0.3, -0.25) is 4.79 Å². The van der Waals surface area contributed by atoms with Crippen LogP contribution in [0.4, 0.5) is 5.69 Å². The van der Waals surface area contributed by atoms with Gasteiger partial charge in [-0.15, -0.1) is 0 Å². The Morgan fingerprint density at radius 3 is 2.75 bits per heavy atom. The van der Waals surface area contributed by atoms with Crippen LogP contribution in [0.15, 0.2) is 59.2 Å². The molecule has 1 aliphatic heterocycles. The molecule has 0 saturated carbocycles. The number of carbonyl (C=O) groups excluding carboxylic acids is 2. The number of amides is 1. The van der Waals surface area contributed by atoms with Crippen molar-refractivity contribution >= 4 is 40.8 Å². The van der Waals surface area contributed by atoms with Crippen LogP contribution in [-0.4, -0.2) is 19.0 Å². The molecule has 1 N–H and O–H groups in total. The highest BCUT2D eigenvalue weighted by molar-refractivity contribution is 6.36. The van der Waals surface area contributed by atoms with E-state index in [1.807, 2.05) is 0 Å². The molecule has 2 heterocycles. The molecule has 0 aliphatic carbocycles. The number of anilines is 1. The van der Waals surface area contributed by atoms with E-state index < -0.39 is 5.97 Å². The maximum Gasteiger partial charge on any atom is 0.379 e. The van der Waals surface area contributed by atoms with Crippen molar-refractivity contribution in [1.29, 1.82) is 0 Å². The second kappa shape index (κ2) is 7.25. The predicted octanol–water partition coefficient (Wildman–Crippen LogP) is 4.65. The van der Waals surface area contributed by atoms with Gasteiger partial charge in [0.2, 0.25) is 5.76 Å². The summed E-state index contributed by atoms with van der Waals surface area (Å²) in [6, 6.07) is 13.3. The van der Waals surface area contributed by atoms with E-state index in [1.165, 1.54) is 19.4 Å². The van der Waals surface area contributed by atoms with E-state index >= 15 is 0 Å². The van der Waals surface area contributed by atoms with E-state index in [2.05, 4.69) is 5.32 Å². The van der Waals surface area contributed by atoms with Crippen molar-refractivity contribution in [2.75, 3.05) is 12.4 Å². The van der Waals surface area contributed by atoms with Crippen LogP contribution in [0, 0.1) is 0 Å². The highest BCUT2D eigenvalue weighted by atomic mass is 35.5. The molecule has 1 amide bonds. The fourth-order valence-electron chi connectivity index (χ4n) is 2.88. The molecule has 0 atom stereocenters. The fraction of sp³-hybridized carbons (Fsp3) is 0.0476. The number of nitrogens with one attached hydrogen (secondary N) is 1. The Morgan fingerprint density at radius 2 is 2.00 bits per heavy atom. The van der Waals surface area contributed by atoms with Crippen LogP contribution in [0.1, 0.15) is 21.7 Å². The summed E-state index contributed by atoms with van der Waals surface area (Å²) in [6.45, 7) is 0. The number of carbonyl (C=O) groups is 2. The van der Waals surface area contributed by atoms with E-state index in [1.54, 1.807) is 48.5 Å². The van der Waals surface area contributed by atoms with Gasteiger partial charge in [0.1, 0.15) is 0 Å². The Kier molecular flexibility index (Phi) is 4.63. The number of fused-ring (bicyclic) bond motifs is 1. The summed E-state index contributed by atoms with van der Waals surface area (Å²) in [5.74, 6) is -0.163. The average molecular weight is 396 g/mol. The average Bonchev–Trinajstić information content (AvgIpc) is 3.31. The number of hydrogen-bond acceptors (Lipinski definition) is 5. The van der Waals surface area contributed by atoms with Crippen LogP contribution in [0.2, 0.25) is 5.02 Å². The van der Waals surface area contributed by atoms with Crippen LogP contribution in [0.25, 0.3) is 11.6 Å². The van der Waals surface area contributed by atoms with Gasteiger partial charge in [-0.25, -0.2) is 4.79 Å².